The van der Waals surface area contributed by atoms with E-state index in [1.807, 2.05) is 38.1 Å². The van der Waals surface area contributed by atoms with Crippen LogP contribution in [0.3, 0.4) is 0 Å². The summed E-state index contributed by atoms with van der Waals surface area (Å²) in [6, 6.07) is 7.34. The average Bonchev–Trinajstić information content (AvgIpc) is 2.66. The van der Waals surface area contributed by atoms with Gasteiger partial charge in [-0.2, -0.15) is 0 Å². The minimum atomic E-state index is -0.755. The number of hydrogen-bond acceptors (Lipinski definition) is 6. The lowest BCUT2D eigenvalue weighted by Crippen LogP contribution is -2.28. The molecule has 0 saturated heterocycles. The summed E-state index contributed by atoms with van der Waals surface area (Å²) >= 11 is 0. The first-order chi connectivity index (χ1) is 14.5. The number of aliphatic hydroxyl groups is 1. The number of rotatable bonds is 4. The Morgan fingerprint density at radius 1 is 1.16 bits per heavy atom. The van der Waals surface area contributed by atoms with Crippen molar-refractivity contribution in [2.24, 2.45) is 0 Å². The Balaban J connectivity index is 1.91. The van der Waals surface area contributed by atoms with Gasteiger partial charge in [0.05, 0.1) is 6.10 Å². The standard InChI is InChI=1S/C25H24O6/c1-13(2)18(27)9-16-8-15(7-14-5-6-25(3,4)31-24(14)16)21-12-20(29)23-19(28)10-17(26)11-22(23)30-21/h5-8,10-12,18,26-28H,1,9H2,2-4H3/t18-/m1/s1. The van der Waals surface area contributed by atoms with E-state index in [0.29, 0.717) is 16.9 Å². The average molecular weight is 420 g/mol. The van der Waals surface area contributed by atoms with Crippen molar-refractivity contribution in [2.45, 2.75) is 38.9 Å². The third-order valence-electron chi connectivity index (χ3n) is 5.29. The normalized spacial score (nSPS) is 15.4. The predicted octanol–water partition coefficient (Wildman–Crippen LogP) is 4.53. The number of hydrogen-bond donors (Lipinski definition) is 3. The molecule has 1 aliphatic rings. The molecule has 31 heavy (non-hydrogen) atoms. The lowest BCUT2D eigenvalue weighted by molar-refractivity contribution is 0.153. The fraction of sp³-hybridized carbons (Fsp3) is 0.240. The lowest BCUT2D eigenvalue weighted by Gasteiger charge is -2.30. The lowest BCUT2D eigenvalue weighted by atomic mass is 9.93. The third kappa shape index (κ3) is 3.94. The van der Waals surface area contributed by atoms with E-state index in [4.69, 9.17) is 9.15 Å². The Morgan fingerprint density at radius 2 is 1.90 bits per heavy atom. The van der Waals surface area contributed by atoms with Crippen LogP contribution >= 0.6 is 0 Å². The van der Waals surface area contributed by atoms with Gasteiger partial charge >= 0.3 is 0 Å². The van der Waals surface area contributed by atoms with Gasteiger partial charge in [-0.1, -0.05) is 18.2 Å². The van der Waals surface area contributed by atoms with Crippen LogP contribution in [0.5, 0.6) is 17.2 Å². The van der Waals surface area contributed by atoms with Gasteiger partial charge in [0, 0.05) is 35.7 Å². The van der Waals surface area contributed by atoms with Crippen LogP contribution in [0.2, 0.25) is 0 Å². The molecule has 1 aromatic heterocycles. The highest BCUT2D eigenvalue weighted by atomic mass is 16.5. The number of fused-ring (bicyclic) bond motifs is 2. The maximum absolute atomic E-state index is 12.6. The first kappa shape index (κ1) is 20.8. The van der Waals surface area contributed by atoms with Gasteiger partial charge in [0.2, 0.25) is 0 Å². The Labute approximate surface area is 179 Å². The molecule has 0 aliphatic carbocycles. The molecule has 4 rings (SSSR count). The highest BCUT2D eigenvalue weighted by molar-refractivity contribution is 5.86. The molecule has 0 fully saturated rings. The van der Waals surface area contributed by atoms with Crippen molar-refractivity contribution >= 4 is 17.0 Å². The van der Waals surface area contributed by atoms with Crippen molar-refractivity contribution in [3.63, 3.8) is 0 Å². The quantitative estimate of drug-likeness (QED) is 0.536. The van der Waals surface area contributed by atoms with Crippen molar-refractivity contribution in [1.82, 2.24) is 0 Å². The second kappa shape index (κ2) is 7.32. The summed E-state index contributed by atoms with van der Waals surface area (Å²) in [7, 11) is 0. The van der Waals surface area contributed by atoms with Gasteiger partial charge in [-0.25, -0.2) is 0 Å². The van der Waals surface area contributed by atoms with E-state index in [1.165, 1.54) is 12.1 Å². The topological polar surface area (TPSA) is 100 Å². The van der Waals surface area contributed by atoms with Crippen molar-refractivity contribution in [3.8, 4) is 28.6 Å². The molecule has 2 heterocycles. The number of phenolic OH excluding ortho intramolecular Hbond substituents is 2. The molecular weight excluding hydrogens is 396 g/mol. The van der Waals surface area contributed by atoms with Gasteiger partial charge in [0.1, 0.15) is 39.6 Å². The first-order valence-electron chi connectivity index (χ1n) is 9.93. The molecule has 0 saturated carbocycles. The Morgan fingerprint density at radius 3 is 2.61 bits per heavy atom. The zero-order chi connectivity index (χ0) is 22.5. The summed E-state index contributed by atoms with van der Waals surface area (Å²) in [6.07, 6.45) is 3.41. The van der Waals surface area contributed by atoms with Crippen molar-refractivity contribution < 1.29 is 24.5 Å². The van der Waals surface area contributed by atoms with E-state index < -0.39 is 17.1 Å². The second-order valence-corrected chi connectivity index (χ2v) is 8.47. The second-order valence-electron chi connectivity index (χ2n) is 8.47. The monoisotopic (exact) mass is 420 g/mol. The van der Waals surface area contributed by atoms with Gasteiger partial charge in [0.25, 0.3) is 0 Å². The third-order valence-corrected chi connectivity index (χ3v) is 5.29. The molecule has 160 valence electrons. The molecule has 0 amide bonds. The highest BCUT2D eigenvalue weighted by Crippen LogP contribution is 2.39. The molecule has 0 unspecified atom stereocenters. The number of aliphatic hydroxyl groups excluding tert-OH is 1. The molecule has 6 nitrogen and oxygen atoms in total. The summed E-state index contributed by atoms with van der Waals surface area (Å²) in [5, 5.41) is 30.2. The van der Waals surface area contributed by atoms with Crippen LogP contribution in [0.25, 0.3) is 28.4 Å². The minimum absolute atomic E-state index is 0.00224. The van der Waals surface area contributed by atoms with Crippen molar-refractivity contribution in [3.05, 3.63) is 69.9 Å². The maximum atomic E-state index is 12.6. The van der Waals surface area contributed by atoms with Gasteiger partial charge in [-0.15, -0.1) is 0 Å². The molecule has 3 N–H and O–H groups in total. The number of benzene rings is 2. The molecule has 3 aromatic rings. The van der Waals surface area contributed by atoms with Crippen LogP contribution < -0.4 is 10.2 Å². The summed E-state index contributed by atoms with van der Waals surface area (Å²) < 4.78 is 12.0. The number of ether oxygens (including phenoxy) is 1. The largest absolute Gasteiger partial charge is 0.508 e. The van der Waals surface area contributed by atoms with E-state index in [9.17, 15) is 20.1 Å². The van der Waals surface area contributed by atoms with Crippen LogP contribution in [0.4, 0.5) is 0 Å². The molecule has 6 heteroatoms. The Kier molecular flexibility index (Phi) is 4.90. The minimum Gasteiger partial charge on any atom is -0.508 e. The molecule has 0 bridgehead atoms. The molecule has 0 spiro atoms. The predicted molar refractivity (Wildman–Crippen MR) is 120 cm³/mol. The summed E-state index contributed by atoms with van der Waals surface area (Å²) in [6.45, 7) is 9.47. The fourth-order valence-electron chi connectivity index (χ4n) is 3.62. The van der Waals surface area contributed by atoms with E-state index in [1.54, 1.807) is 6.92 Å². The zero-order valence-corrected chi connectivity index (χ0v) is 17.6. The molecule has 0 radical (unpaired) electrons. The van der Waals surface area contributed by atoms with Gasteiger partial charge in [0.15, 0.2) is 5.43 Å². The number of phenols is 2. The summed E-state index contributed by atoms with van der Waals surface area (Å²) in [5.74, 6) is 0.383. The van der Waals surface area contributed by atoms with Crippen LogP contribution in [0.1, 0.15) is 31.9 Å². The smallest absolute Gasteiger partial charge is 0.197 e. The van der Waals surface area contributed by atoms with Crippen LogP contribution in [0.15, 0.2) is 57.8 Å². The molecule has 1 atom stereocenters. The molecule has 2 aromatic carbocycles. The van der Waals surface area contributed by atoms with Crippen LogP contribution in [0, 0.1) is 0 Å². The Bertz CT molecular complexity index is 1300. The Hall–Kier alpha value is -3.51. The van der Waals surface area contributed by atoms with Crippen LogP contribution in [-0.2, 0) is 6.42 Å². The van der Waals surface area contributed by atoms with Crippen LogP contribution in [-0.4, -0.2) is 27.0 Å². The van der Waals surface area contributed by atoms with Crippen molar-refractivity contribution in [1.29, 1.82) is 0 Å². The van der Waals surface area contributed by atoms with Gasteiger partial charge in [-0.05, 0) is 44.5 Å². The van der Waals surface area contributed by atoms with Gasteiger partial charge < -0.3 is 24.5 Å². The van der Waals surface area contributed by atoms with E-state index in [0.717, 1.165) is 17.2 Å². The summed E-state index contributed by atoms with van der Waals surface area (Å²) in [4.78, 5) is 12.6. The van der Waals surface area contributed by atoms with E-state index in [2.05, 4.69) is 6.58 Å². The van der Waals surface area contributed by atoms with Gasteiger partial charge in [-0.3, -0.25) is 4.79 Å². The highest BCUT2D eigenvalue weighted by Gasteiger charge is 2.26. The first-order valence-corrected chi connectivity index (χ1v) is 9.93. The summed E-state index contributed by atoms with van der Waals surface area (Å²) in [5.41, 5.74) is 1.94. The number of aromatic hydroxyl groups is 2. The SMILES string of the molecule is C=C(C)[C@H](O)Cc1cc(-c2cc(=O)c3c(O)cc(O)cc3o2)cc2c1OC(C)(C)C=C2. The molecule has 1 aliphatic heterocycles. The molecular formula is C25H24O6. The fourth-order valence-corrected chi connectivity index (χ4v) is 3.62. The van der Waals surface area contributed by atoms with E-state index >= 15 is 0 Å². The zero-order valence-electron chi connectivity index (χ0n) is 17.6. The van der Waals surface area contributed by atoms with Crippen molar-refractivity contribution in [2.75, 3.05) is 0 Å². The maximum Gasteiger partial charge on any atom is 0.197 e. The van der Waals surface area contributed by atoms with E-state index in [-0.39, 0.29) is 34.6 Å².